The Balaban J connectivity index is 2.58. The second-order valence-corrected chi connectivity index (χ2v) is 3.69. The molecule has 18 heavy (non-hydrogen) atoms. The molecule has 0 radical (unpaired) electrons. The normalized spacial score (nSPS) is 11.7. The highest BCUT2D eigenvalue weighted by Crippen LogP contribution is 2.22. The first-order valence-corrected chi connectivity index (χ1v) is 5.60. The Morgan fingerprint density at radius 3 is 2.72 bits per heavy atom. The summed E-state index contributed by atoms with van der Waals surface area (Å²) in [6.07, 6.45) is 0. The van der Waals surface area contributed by atoms with E-state index in [9.17, 15) is 4.79 Å². The van der Waals surface area contributed by atoms with Crippen molar-refractivity contribution in [1.82, 2.24) is 5.32 Å². The second kappa shape index (κ2) is 7.52. The lowest BCUT2D eigenvalue weighted by Gasteiger charge is -2.17. The van der Waals surface area contributed by atoms with Gasteiger partial charge in [-0.1, -0.05) is 12.1 Å². The van der Waals surface area contributed by atoms with Gasteiger partial charge in [-0.05, 0) is 12.1 Å². The van der Waals surface area contributed by atoms with Crippen LogP contribution < -0.4 is 21.1 Å². The van der Waals surface area contributed by atoms with E-state index in [2.05, 4.69) is 10.6 Å². The minimum atomic E-state index is -0.341. The molecule has 1 rings (SSSR count). The number of ether oxygens (including phenoxy) is 2. The number of nitrogens with two attached hydrogens (primary N) is 1. The molecule has 4 N–H and O–H groups in total. The molecule has 1 aromatic rings. The van der Waals surface area contributed by atoms with Crippen molar-refractivity contribution in [3.63, 3.8) is 0 Å². The van der Waals surface area contributed by atoms with E-state index in [0.29, 0.717) is 24.6 Å². The molecule has 2 amide bonds. The summed E-state index contributed by atoms with van der Waals surface area (Å²) in [5.41, 5.74) is 6.11. The van der Waals surface area contributed by atoms with E-state index >= 15 is 0 Å². The van der Waals surface area contributed by atoms with Crippen LogP contribution in [0.2, 0.25) is 0 Å². The molecule has 0 spiro atoms. The number of urea groups is 1. The van der Waals surface area contributed by atoms with Crippen LogP contribution in [-0.2, 0) is 4.74 Å². The van der Waals surface area contributed by atoms with Gasteiger partial charge in [0.25, 0.3) is 0 Å². The third-order valence-electron chi connectivity index (χ3n) is 2.34. The highest BCUT2D eigenvalue weighted by molar-refractivity contribution is 5.91. The number of benzene rings is 1. The fraction of sp³-hybridized carbons (Fsp3) is 0.417. The first-order valence-electron chi connectivity index (χ1n) is 5.60. The molecule has 0 aromatic heterocycles. The molecular weight excluding hydrogens is 234 g/mol. The Morgan fingerprint density at radius 1 is 1.39 bits per heavy atom. The molecule has 0 heterocycles. The molecule has 0 aliphatic heterocycles. The highest BCUT2D eigenvalue weighted by Gasteiger charge is 2.11. The van der Waals surface area contributed by atoms with Gasteiger partial charge in [0.1, 0.15) is 5.75 Å². The maximum atomic E-state index is 11.7. The molecule has 0 fully saturated rings. The Morgan fingerprint density at radius 2 is 2.11 bits per heavy atom. The fourth-order valence-corrected chi connectivity index (χ4v) is 1.46. The quantitative estimate of drug-likeness (QED) is 0.699. The van der Waals surface area contributed by atoms with Crippen molar-refractivity contribution in [2.24, 2.45) is 5.73 Å². The molecule has 1 atom stereocenters. The summed E-state index contributed by atoms with van der Waals surface area (Å²) in [5, 5.41) is 5.41. The standard InChI is InChI=1S/C12H19N3O3/c1-17-8-9(7-13)14-12(16)15-10-5-3-4-6-11(10)18-2/h3-6,9H,7-8,13H2,1-2H3,(H2,14,15,16). The van der Waals surface area contributed by atoms with Crippen LogP contribution >= 0.6 is 0 Å². The van der Waals surface area contributed by atoms with Crippen molar-refractivity contribution >= 4 is 11.7 Å². The first kappa shape index (κ1) is 14.3. The van der Waals surface area contributed by atoms with Crippen molar-refractivity contribution in [2.45, 2.75) is 6.04 Å². The van der Waals surface area contributed by atoms with Crippen molar-refractivity contribution in [3.8, 4) is 5.75 Å². The van der Waals surface area contributed by atoms with Gasteiger partial charge in [-0.3, -0.25) is 0 Å². The summed E-state index contributed by atoms with van der Waals surface area (Å²) in [6.45, 7) is 0.684. The molecule has 0 bridgehead atoms. The van der Waals surface area contributed by atoms with Crippen LogP contribution in [0.1, 0.15) is 0 Å². The number of para-hydroxylation sites is 2. The summed E-state index contributed by atoms with van der Waals surface area (Å²) >= 11 is 0. The zero-order valence-electron chi connectivity index (χ0n) is 10.6. The van der Waals surface area contributed by atoms with Gasteiger partial charge in [-0.2, -0.15) is 0 Å². The molecule has 6 heteroatoms. The Labute approximate surface area is 106 Å². The summed E-state index contributed by atoms with van der Waals surface area (Å²) in [7, 11) is 3.11. The van der Waals surface area contributed by atoms with Gasteiger partial charge in [0.05, 0.1) is 25.4 Å². The number of hydrogen-bond donors (Lipinski definition) is 3. The predicted molar refractivity (Wildman–Crippen MR) is 69.9 cm³/mol. The predicted octanol–water partition coefficient (Wildman–Crippen LogP) is 0.790. The van der Waals surface area contributed by atoms with Gasteiger partial charge >= 0.3 is 6.03 Å². The fourth-order valence-electron chi connectivity index (χ4n) is 1.46. The number of anilines is 1. The summed E-state index contributed by atoms with van der Waals surface area (Å²) in [6, 6.07) is 6.61. The maximum absolute atomic E-state index is 11.7. The van der Waals surface area contributed by atoms with Crippen LogP contribution in [-0.4, -0.2) is 39.4 Å². The van der Waals surface area contributed by atoms with Gasteiger partial charge in [0.2, 0.25) is 0 Å². The molecule has 6 nitrogen and oxygen atoms in total. The molecule has 1 unspecified atom stereocenters. The van der Waals surface area contributed by atoms with Gasteiger partial charge in [0.15, 0.2) is 0 Å². The molecule has 0 aliphatic rings. The molecule has 0 aliphatic carbocycles. The van der Waals surface area contributed by atoms with Crippen LogP contribution in [0.4, 0.5) is 10.5 Å². The minimum absolute atomic E-state index is 0.218. The second-order valence-electron chi connectivity index (χ2n) is 3.69. The number of nitrogens with one attached hydrogen (secondary N) is 2. The van der Waals surface area contributed by atoms with Crippen LogP contribution in [0.15, 0.2) is 24.3 Å². The monoisotopic (exact) mass is 253 g/mol. The SMILES string of the molecule is COCC(CN)NC(=O)Nc1ccccc1OC. The van der Waals surface area contributed by atoms with E-state index in [-0.39, 0.29) is 12.1 Å². The largest absolute Gasteiger partial charge is 0.495 e. The van der Waals surface area contributed by atoms with Crippen molar-refractivity contribution in [2.75, 3.05) is 32.7 Å². The average Bonchev–Trinajstić information content (AvgIpc) is 2.38. The Bertz CT molecular complexity index is 385. The van der Waals surface area contributed by atoms with Gasteiger partial charge < -0.3 is 25.8 Å². The number of methoxy groups -OCH3 is 2. The van der Waals surface area contributed by atoms with E-state index in [1.807, 2.05) is 12.1 Å². The van der Waals surface area contributed by atoms with Gasteiger partial charge in [-0.25, -0.2) is 4.79 Å². The number of hydrogen-bond acceptors (Lipinski definition) is 4. The average molecular weight is 253 g/mol. The van der Waals surface area contributed by atoms with Crippen molar-refractivity contribution in [1.29, 1.82) is 0 Å². The number of carbonyl (C=O) groups is 1. The third kappa shape index (κ3) is 4.23. The topological polar surface area (TPSA) is 85.6 Å². The lowest BCUT2D eigenvalue weighted by atomic mass is 10.3. The zero-order valence-corrected chi connectivity index (χ0v) is 10.6. The molecule has 0 saturated heterocycles. The Kier molecular flexibility index (Phi) is 5.96. The Hall–Kier alpha value is -1.79. The smallest absolute Gasteiger partial charge is 0.319 e. The minimum Gasteiger partial charge on any atom is -0.495 e. The summed E-state index contributed by atoms with van der Waals surface area (Å²) in [4.78, 5) is 11.7. The summed E-state index contributed by atoms with van der Waals surface area (Å²) in [5.74, 6) is 0.601. The van der Waals surface area contributed by atoms with E-state index in [1.165, 1.54) is 0 Å². The van der Waals surface area contributed by atoms with E-state index in [0.717, 1.165) is 0 Å². The molecule has 0 saturated carbocycles. The highest BCUT2D eigenvalue weighted by atomic mass is 16.5. The van der Waals surface area contributed by atoms with Crippen LogP contribution in [0.25, 0.3) is 0 Å². The van der Waals surface area contributed by atoms with E-state index in [4.69, 9.17) is 15.2 Å². The van der Waals surface area contributed by atoms with Crippen molar-refractivity contribution < 1.29 is 14.3 Å². The summed E-state index contributed by atoms with van der Waals surface area (Å²) < 4.78 is 10.1. The number of carbonyl (C=O) groups excluding carboxylic acids is 1. The maximum Gasteiger partial charge on any atom is 0.319 e. The van der Waals surface area contributed by atoms with Crippen LogP contribution in [0.3, 0.4) is 0 Å². The van der Waals surface area contributed by atoms with Crippen LogP contribution in [0.5, 0.6) is 5.75 Å². The third-order valence-corrected chi connectivity index (χ3v) is 2.34. The molecular formula is C12H19N3O3. The lowest BCUT2D eigenvalue weighted by Crippen LogP contribution is -2.45. The molecule has 1 aromatic carbocycles. The first-order chi connectivity index (χ1) is 8.71. The zero-order chi connectivity index (χ0) is 13.4. The number of rotatable bonds is 6. The molecule has 100 valence electrons. The number of amides is 2. The van der Waals surface area contributed by atoms with Crippen molar-refractivity contribution in [3.05, 3.63) is 24.3 Å². The van der Waals surface area contributed by atoms with Gasteiger partial charge in [0, 0.05) is 13.7 Å². The van der Waals surface area contributed by atoms with E-state index in [1.54, 1.807) is 26.4 Å². The van der Waals surface area contributed by atoms with Gasteiger partial charge in [-0.15, -0.1) is 0 Å². The van der Waals surface area contributed by atoms with E-state index < -0.39 is 0 Å². The van der Waals surface area contributed by atoms with Crippen LogP contribution in [0, 0.1) is 0 Å². The lowest BCUT2D eigenvalue weighted by molar-refractivity contribution is 0.169.